The lowest BCUT2D eigenvalue weighted by molar-refractivity contribution is -0.150. The van der Waals surface area contributed by atoms with Crippen LogP contribution in [0.2, 0.25) is 0 Å². The fraction of sp³-hybridized carbons (Fsp3) is 0.538. The Balaban J connectivity index is 1.99. The topological polar surface area (TPSA) is 78.4 Å². The zero-order valence-corrected chi connectivity index (χ0v) is 11.8. The number of hydrogen-bond acceptors (Lipinski definition) is 5. The highest BCUT2D eigenvalue weighted by atomic mass is 16.2. The number of aromatic nitrogens is 2. The molecule has 2 amide bonds. The van der Waals surface area contributed by atoms with Crippen LogP contribution >= 0.6 is 0 Å². The summed E-state index contributed by atoms with van der Waals surface area (Å²) in [6, 6.07) is 0. The number of carbonyl (C=O) groups is 2. The van der Waals surface area contributed by atoms with Gasteiger partial charge in [-0.15, -0.1) is 0 Å². The van der Waals surface area contributed by atoms with Crippen molar-refractivity contribution in [3.63, 3.8) is 0 Å². The molecule has 7 nitrogen and oxygen atoms in total. The summed E-state index contributed by atoms with van der Waals surface area (Å²) in [4.78, 5) is 35.3. The first-order valence-corrected chi connectivity index (χ1v) is 6.74. The maximum atomic E-state index is 12.0. The molecule has 1 aromatic heterocycles. The standard InChI is InChI=1S/C13H19N5O2/c1-3-14-11-6-15-10(5-16-11)7-18-9-12(19)17(4-2)8-13(18)20/h5-6H,3-4,7-9H2,1-2H3,(H,14,16). The van der Waals surface area contributed by atoms with Crippen LogP contribution in [0.15, 0.2) is 12.4 Å². The van der Waals surface area contributed by atoms with Crippen molar-refractivity contribution in [1.82, 2.24) is 19.8 Å². The average molecular weight is 277 g/mol. The number of anilines is 1. The molecule has 0 atom stereocenters. The van der Waals surface area contributed by atoms with E-state index in [-0.39, 0.29) is 24.9 Å². The number of carbonyl (C=O) groups excluding carboxylic acids is 2. The van der Waals surface area contributed by atoms with Crippen LogP contribution in [0.5, 0.6) is 0 Å². The van der Waals surface area contributed by atoms with E-state index in [1.165, 1.54) is 4.90 Å². The largest absolute Gasteiger partial charge is 0.369 e. The lowest BCUT2D eigenvalue weighted by Crippen LogP contribution is -2.53. The van der Waals surface area contributed by atoms with E-state index in [1.54, 1.807) is 17.3 Å². The van der Waals surface area contributed by atoms with Gasteiger partial charge in [-0.05, 0) is 13.8 Å². The van der Waals surface area contributed by atoms with Gasteiger partial charge in [-0.3, -0.25) is 14.6 Å². The summed E-state index contributed by atoms with van der Waals surface area (Å²) in [7, 11) is 0. The fourth-order valence-electron chi connectivity index (χ4n) is 2.04. The minimum atomic E-state index is -0.0518. The molecule has 0 saturated carbocycles. The maximum absolute atomic E-state index is 12.0. The Labute approximate surface area is 118 Å². The molecule has 0 radical (unpaired) electrons. The summed E-state index contributed by atoms with van der Waals surface area (Å²) in [5.41, 5.74) is 0.678. The highest BCUT2D eigenvalue weighted by Gasteiger charge is 2.28. The maximum Gasteiger partial charge on any atom is 0.243 e. The SMILES string of the molecule is CCNc1cnc(CN2CC(=O)N(CC)CC2=O)cn1. The molecule has 108 valence electrons. The molecule has 0 aliphatic carbocycles. The minimum absolute atomic E-state index is 0.0238. The Morgan fingerprint density at radius 3 is 2.40 bits per heavy atom. The Hall–Kier alpha value is -2.18. The Morgan fingerprint density at radius 1 is 1.10 bits per heavy atom. The Morgan fingerprint density at radius 2 is 1.80 bits per heavy atom. The number of likely N-dealkylation sites (N-methyl/N-ethyl adjacent to an activating group) is 1. The van der Waals surface area contributed by atoms with E-state index in [0.717, 1.165) is 6.54 Å². The van der Waals surface area contributed by atoms with Crippen molar-refractivity contribution >= 4 is 17.6 Å². The van der Waals surface area contributed by atoms with Gasteiger partial charge in [-0.1, -0.05) is 0 Å². The molecular formula is C13H19N5O2. The van der Waals surface area contributed by atoms with Crippen molar-refractivity contribution in [1.29, 1.82) is 0 Å². The van der Waals surface area contributed by atoms with Gasteiger partial charge in [0, 0.05) is 13.1 Å². The molecule has 1 aliphatic rings. The summed E-state index contributed by atoms with van der Waals surface area (Å²) in [6.07, 6.45) is 3.26. The summed E-state index contributed by atoms with van der Waals surface area (Å²) in [5, 5.41) is 3.05. The first-order chi connectivity index (χ1) is 9.63. The first-order valence-electron chi connectivity index (χ1n) is 6.74. The van der Waals surface area contributed by atoms with Crippen molar-refractivity contribution in [3.05, 3.63) is 18.1 Å². The lowest BCUT2D eigenvalue weighted by atomic mass is 10.2. The predicted octanol–water partition coefficient (Wildman–Crippen LogP) is 0.0991. The van der Waals surface area contributed by atoms with Gasteiger partial charge in [-0.2, -0.15) is 0 Å². The highest BCUT2D eigenvalue weighted by molar-refractivity contribution is 5.92. The molecular weight excluding hydrogens is 258 g/mol. The van der Waals surface area contributed by atoms with Gasteiger partial charge in [0.15, 0.2) is 0 Å². The van der Waals surface area contributed by atoms with Crippen LogP contribution in [0.1, 0.15) is 19.5 Å². The van der Waals surface area contributed by atoms with E-state index in [9.17, 15) is 9.59 Å². The smallest absolute Gasteiger partial charge is 0.243 e. The Kier molecular flexibility index (Phi) is 4.49. The molecule has 0 bridgehead atoms. The number of piperazine rings is 1. The number of hydrogen-bond donors (Lipinski definition) is 1. The third-order valence-corrected chi connectivity index (χ3v) is 3.16. The molecule has 1 saturated heterocycles. The summed E-state index contributed by atoms with van der Waals surface area (Å²) in [6.45, 7) is 5.78. The van der Waals surface area contributed by atoms with E-state index < -0.39 is 0 Å². The fourth-order valence-corrected chi connectivity index (χ4v) is 2.04. The normalized spacial score (nSPS) is 15.7. The van der Waals surface area contributed by atoms with Gasteiger partial charge in [0.1, 0.15) is 12.4 Å². The quantitative estimate of drug-likeness (QED) is 0.826. The molecule has 0 spiro atoms. The van der Waals surface area contributed by atoms with Crippen molar-refractivity contribution in [3.8, 4) is 0 Å². The molecule has 7 heteroatoms. The molecule has 20 heavy (non-hydrogen) atoms. The second-order valence-electron chi connectivity index (χ2n) is 4.58. The summed E-state index contributed by atoms with van der Waals surface area (Å²) < 4.78 is 0. The zero-order valence-electron chi connectivity index (χ0n) is 11.8. The second kappa shape index (κ2) is 6.31. The number of nitrogens with one attached hydrogen (secondary N) is 1. The van der Waals surface area contributed by atoms with Crippen LogP contribution in [-0.2, 0) is 16.1 Å². The van der Waals surface area contributed by atoms with Gasteiger partial charge >= 0.3 is 0 Å². The van der Waals surface area contributed by atoms with Gasteiger partial charge < -0.3 is 15.1 Å². The van der Waals surface area contributed by atoms with E-state index in [0.29, 0.717) is 24.6 Å². The van der Waals surface area contributed by atoms with E-state index in [4.69, 9.17) is 0 Å². The number of amides is 2. The molecule has 2 rings (SSSR count). The molecule has 1 aliphatic heterocycles. The third kappa shape index (κ3) is 3.23. The first kappa shape index (κ1) is 14.2. The minimum Gasteiger partial charge on any atom is -0.369 e. The molecule has 1 N–H and O–H groups in total. The third-order valence-electron chi connectivity index (χ3n) is 3.16. The molecule has 2 heterocycles. The van der Waals surface area contributed by atoms with Crippen molar-refractivity contribution in [2.24, 2.45) is 0 Å². The van der Waals surface area contributed by atoms with E-state index >= 15 is 0 Å². The number of nitrogens with zero attached hydrogens (tertiary/aromatic N) is 4. The zero-order chi connectivity index (χ0) is 14.5. The van der Waals surface area contributed by atoms with Gasteiger partial charge in [0.25, 0.3) is 0 Å². The highest BCUT2D eigenvalue weighted by Crippen LogP contribution is 2.09. The van der Waals surface area contributed by atoms with Crippen molar-refractivity contribution < 1.29 is 9.59 Å². The van der Waals surface area contributed by atoms with Crippen LogP contribution in [0.25, 0.3) is 0 Å². The van der Waals surface area contributed by atoms with Gasteiger partial charge in [0.05, 0.1) is 31.2 Å². The summed E-state index contributed by atoms with van der Waals surface area (Å²) >= 11 is 0. The van der Waals surface area contributed by atoms with Crippen molar-refractivity contribution in [2.45, 2.75) is 20.4 Å². The van der Waals surface area contributed by atoms with Crippen LogP contribution in [0, 0.1) is 0 Å². The van der Waals surface area contributed by atoms with E-state index in [1.807, 2.05) is 13.8 Å². The predicted molar refractivity (Wildman–Crippen MR) is 73.9 cm³/mol. The van der Waals surface area contributed by atoms with E-state index in [2.05, 4.69) is 15.3 Å². The van der Waals surface area contributed by atoms with Crippen LogP contribution in [0.4, 0.5) is 5.82 Å². The molecule has 1 fully saturated rings. The second-order valence-corrected chi connectivity index (χ2v) is 4.58. The molecule has 0 unspecified atom stereocenters. The van der Waals surface area contributed by atoms with Crippen molar-refractivity contribution in [2.75, 3.05) is 31.5 Å². The average Bonchev–Trinajstić information content (AvgIpc) is 2.45. The number of rotatable bonds is 5. The monoisotopic (exact) mass is 277 g/mol. The van der Waals surface area contributed by atoms with Crippen LogP contribution in [-0.4, -0.2) is 57.8 Å². The van der Waals surface area contributed by atoms with Gasteiger partial charge in [0.2, 0.25) is 11.8 Å². The van der Waals surface area contributed by atoms with Crippen LogP contribution in [0.3, 0.4) is 0 Å². The lowest BCUT2D eigenvalue weighted by Gasteiger charge is -2.32. The summed E-state index contributed by atoms with van der Waals surface area (Å²) in [5.74, 6) is 0.628. The molecule has 0 aromatic carbocycles. The Bertz CT molecular complexity index is 488. The molecule has 1 aromatic rings. The van der Waals surface area contributed by atoms with Gasteiger partial charge in [-0.25, -0.2) is 4.98 Å². The van der Waals surface area contributed by atoms with Crippen LogP contribution < -0.4 is 5.32 Å².